The number of carbonyl (C=O) groups excluding carboxylic acids is 7. The first-order chi connectivity index (χ1) is 19.0. The van der Waals surface area contributed by atoms with Gasteiger partial charge in [0.15, 0.2) is 11.7 Å². The Balaban J connectivity index is 0.00000254. The van der Waals surface area contributed by atoms with E-state index >= 15 is 0 Å². The largest absolute Gasteiger partial charge is 0.373 e. The molecule has 2 aliphatic rings. The molecular formula is C26H43N7O7. The van der Waals surface area contributed by atoms with Crippen LogP contribution in [0, 0.1) is 5.92 Å². The zero-order valence-electron chi connectivity index (χ0n) is 23.3. The van der Waals surface area contributed by atoms with Crippen LogP contribution in [0.3, 0.4) is 0 Å². The van der Waals surface area contributed by atoms with Crippen molar-refractivity contribution in [3.8, 4) is 0 Å². The number of fused-ring (bicyclic) bond motifs is 2. The van der Waals surface area contributed by atoms with Crippen molar-refractivity contribution in [2.75, 3.05) is 6.54 Å². The van der Waals surface area contributed by atoms with E-state index in [4.69, 9.17) is 21.1 Å². The Kier molecular flexibility index (Phi) is 15.8. The van der Waals surface area contributed by atoms with E-state index in [2.05, 4.69) is 33.2 Å². The van der Waals surface area contributed by atoms with Crippen molar-refractivity contribution in [1.82, 2.24) is 21.3 Å². The number of aliphatic imine (C=N–C) groups is 1. The Bertz CT molecular complexity index is 946. The van der Waals surface area contributed by atoms with Crippen molar-refractivity contribution in [3.63, 3.8) is 0 Å². The van der Waals surface area contributed by atoms with E-state index in [1.54, 1.807) is 6.92 Å². The normalized spacial score (nSPS) is 26.1. The average Bonchev–Trinajstić information content (AvgIpc) is 3.36. The number of ketones is 1. The summed E-state index contributed by atoms with van der Waals surface area (Å²) in [4.78, 5) is 84.5. The molecule has 1 aliphatic heterocycles. The van der Waals surface area contributed by atoms with Gasteiger partial charge in [-0.05, 0) is 45.4 Å². The van der Waals surface area contributed by atoms with E-state index in [0.717, 1.165) is 19.3 Å². The van der Waals surface area contributed by atoms with E-state index in [9.17, 15) is 24.0 Å². The minimum absolute atomic E-state index is 0.0630. The molecule has 2 rings (SSSR count). The van der Waals surface area contributed by atoms with Crippen LogP contribution >= 0.6 is 0 Å². The molecule has 0 spiro atoms. The molecule has 14 heteroatoms. The van der Waals surface area contributed by atoms with Crippen molar-refractivity contribution in [1.29, 1.82) is 0 Å². The molecule has 1 heterocycles. The molecule has 1 saturated carbocycles. The third-order valence-electron chi connectivity index (χ3n) is 6.90. The number of nitrogens with zero attached hydrogens (tertiary/aromatic N) is 1. The Morgan fingerprint density at radius 3 is 2.15 bits per heavy atom. The van der Waals surface area contributed by atoms with Crippen LogP contribution in [0.15, 0.2) is 4.99 Å². The van der Waals surface area contributed by atoms with E-state index in [-0.39, 0.29) is 67.5 Å². The summed E-state index contributed by atoms with van der Waals surface area (Å²) in [5.41, 5.74) is 10.7. The Morgan fingerprint density at radius 1 is 0.850 bits per heavy atom. The lowest BCUT2D eigenvalue weighted by molar-refractivity contribution is -0.191. The summed E-state index contributed by atoms with van der Waals surface area (Å²) < 4.78 is 0. The summed E-state index contributed by atoms with van der Waals surface area (Å²) in [5.74, 6) is -2.11. The summed E-state index contributed by atoms with van der Waals surface area (Å²) in [6.45, 7) is 3.92. The topological polar surface area (TPSA) is 232 Å². The number of carbonyl (C=O) groups is 5. The molecule has 40 heavy (non-hydrogen) atoms. The number of guanidine groups is 1. The number of hydrogen-bond acceptors (Lipinski definition) is 8. The van der Waals surface area contributed by atoms with Crippen LogP contribution in [0.4, 0.5) is 0 Å². The smallest absolute Gasteiger partial charge is 0.370 e. The van der Waals surface area contributed by atoms with Gasteiger partial charge in [-0.15, -0.1) is 0 Å². The van der Waals surface area contributed by atoms with Crippen LogP contribution in [0.2, 0.25) is 0 Å². The van der Waals surface area contributed by atoms with Gasteiger partial charge in [0.25, 0.3) is 0 Å². The van der Waals surface area contributed by atoms with Gasteiger partial charge in [0.2, 0.25) is 23.6 Å². The highest BCUT2D eigenvalue weighted by Crippen LogP contribution is 2.26. The maximum atomic E-state index is 13.3. The Hall–Kier alpha value is -3.80. The SMILES string of the molecule is CCCCC[C@@H]1NC(=O)C2CCC(C2)NC(=O)[C@H](C)NC(=O)CCC(=O)[C@H](CCCN=C(N)N)NC1=O.O=C=O. The van der Waals surface area contributed by atoms with Crippen LogP contribution in [-0.2, 0) is 33.6 Å². The van der Waals surface area contributed by atoms with E-state index in [1.165, 1.54) is 0 Å². The number of rotatable bonds is 8. The lowest BCUT2D eigenvalue weighted by atomic mass is 10.00. The van der Waals surface area contributed by atoms with Crippen molar-refractivity contribution >= 4 is 41.5 Å². The van der Waals surface area contributed by atoms with Gasteiger partial charge in [0, 0.05) is 31.3 Å². The maximum absolute atomic E-state index is 13.3. The summed E-state index contributed by atoms with van der Waals surface area (Å²) in [5, 5.41) is 11.2. The summed E-state index contributed by atoms with van der Waals surface area (Å²) in [6.07, 6.45) is 5.51. The maximum Gasteiger partial charge on any atom is 0.373 e. The standard InChI is InChI=1S/C25H43N7O5.CO2/c1-3-4-5-7-19-24(37)31-18(8-6-13-28-25(26)27)20(33)11-12-21(34)29-15(2)22(35)30-17-10-9-16(14-17)23(36)32-19;2-1-3/h15-19H,3-14H2,1-2H3,(H,29,34)(H,30,35)(H,31,37)(H,32,36)(H4,26,27,28);/t15-,16?,17?,18-,19-;/m0./s1. The van der Waals surface area contributed by atoms with Gasteiger partial charge in [0.1, 0.15) is 12.1 Å². The molecule has 1 aliphatic carbocycles. The predicted molar refractivity (Wildman–Crippen MR) is 144 cm³/mol. The molecular weight excluding hydrogens is 522 g/mol. The minimum Gasteiger partial charge on any atom is -0.370 e. The third kappa shape index (κ3) is 12.8. The molecule has 4 amide bonds. The zero-order valence-corrected chi connectivity index (χ0v) is 23.3. The quantitative estimate of drug-likeness (QED) is 0.122. The average molecular weight is 566 g/mol. The highest BCUT2D eigenvalue weighted by molar-refractivity contribution is 5.95. The molecule has 8 N–H and O–H groups in total. The number of Topliss-reactive ketones (excluding diaryl/α,β-unsaturated/α-hetero) is 1. The number of amides is 4. The summed E-state index contributed by atoms with van der Waals surface area (Å²) in [6, 6.07) is -2.59. The molecule has 0 aromatic heterocycles. The van der Waals surface area contributed by atoms with Gasteiger partial charge in [-0.3, -0.25) is 29.0 Å². The molecule has 1 saturated heterocycles. The Labute approximate surface area is 234 Å². The van der Waals surface area contributed by atoms with Crippen LogP contribution in [0.25, 0.3) is 0 Å². The molecule has 14 nitrogen and oxygen atoms in total. The summed E-state index contributed by atoms with van der Waals surface area (Å²) in [7, 11) is 0. The first kappa shape index (κ1) is 34.2. The van der Waals surface area contributed by atoms with Crippen molar-refractivity contribution in [2.24, 2.45) is 22.4 Å². The molecule has 5 atom stereocenters. The van der Waals surface area contributed by atoms with Gasteiger partial charge >= 0.3 is 6.15 Å². The second kappa shape index (κ2) is 18.5. The molecule has 2 bridgehead atoms. The van der Waals surface area contributed by atoms with Gasteiger partial charge in [-0.2, -0.15) is 9.59 Å². The third-order valence-corrected chi connectivity index (χ3v) is 6.90. The monoisotopic (exact) mass is 565 g/mol. The first-order valence-corrected chi connectivity index (χ1v) is 13.8. The van der Waals surface area contributed by atoms with Gasteiger partial charge < -0.3 is 32.7 Å². The molecule has 0 aromatic carbocycles. The van der Waals surface area contributed by atoms with Crippen LogP contribution in [0.5, 0.6) is 0 Å². The zero-order chi connectivity index (χ0) is 30.1. The van der Waals surface area contributed by atoms with Crippen LogP contribution < -0.4 is 32.7 Å². The highest BCUT2D eigenvalue weighted by atomic mass is 16.2. The van der Waals surface area contributed by atoms with Gasteiger partial charge in [0.05, 0.1) is 6.04 Å². The van der Waals surface area contributed by atoms with Crippen molar-refractivity contribution in [3.05, 3.63) is 0 Å². The first-order valence-electron chi connectivity index (χ1n) is 13.8. The molecule has 0 radical (unpaired) electrons. The van der Waals surface area contributed by atoms with E-state index < -0.39 is 29.9 Å². The second-order valence-electron chi connectivity index (χ2n) is 10.1. The van der Waals surface area contributed by atoms with E-state index in [1.807, 2.05) is 0 Å². The highest BCUT2D eigenvalue weighted by Gasteiger charge is 2.34. The van der Waals surface area contributed by atoms with Crippen molar-refractivity contribution < 1.29 is 33.6 Å². The minimum atomic E-state index is -0.854. The molecule has 2 unspecified atom stereocenters. The van der Waals surface area contributed by atoms with E-state index in [0.29, 0.717) is 32.1 Å². The lowest BCUT2D eigenvalue weighted by Crippen LogP contribution is -2.52. The number of nitrogens with one attached hydrogen (secondary N) is 4. The molecule has 2 fully saturated rings. The number of unbranched alkanes of at least 4 members (excludes halogenated alkanes) is 2. The predicted octanol–water partition coefficient (Wildman–Crippen LogP) is -0.841. The van der Waals surface area contributed by atoms with Crippen molar-refractivity contribution in [2.45, 2.75) is 109 Å². The van der Waals surface area contributed by atoms with Crippen LogP contribution in [-0.4, -0.2) is 72.2 Å². The van der Waals surface area contributed by atoms with Gasteiger partial charge in [-0.1, -0.05) is 26.2 Å². The van der Waals surface area contributed by atoms with Crippen LogP contribution in [0.1, 0.15) is 84.5 Å². The Morgan fingerprint density at radius 2 is 1.50 bits per heavy atom. The number of nitrogens with two attached hydrogens (primary N) is 2. The fourth-order valence-corrected chi connectivity index (χ4v) is 4.71. The molecule has 224 valence electrons. The summed E-state index contributed by atoms with van der Waals surface area (Å²) >= 11 is 0. The molecule has 0 aromatic rings. The fourth-order valence-electron chi connectivity index (χ4n) is 4.71. The number of hydrogen-bond donors (Lipinski definition) is 6. The lowest BCUT2D eigenvalue weighted by Gasteiger charge is -2.24. The van der Waals surface area contributed by atoms with Gasteiger partial charge in [-0.25, -0.2) is 0 Å². The second-order valence-corrected chi connectivity index (χ2v) is 10.1. The fraction of sp³-hybridized carbons (Fsp3) is 0.731.